The molecule has 2 N–H and O–H groups in total. The number of carbonyl (C=O) groups excluding carboxylic acids is 1. The van der Waals surface area contributed by atoms with Gasteiger partial charge in [-0.1, -0.05) is 6.92 Å². The molecule has 7 nitrogen and oxygen atoms in total. The number of hydrogen-bond donors (Lipinski definition) is 2. The lowest BCUT2D eigenvalue weighted by atomic mass is 10.1. The maximum absolute atomic E-state index is 12.3. The standard InChI is InChI=1S/C16H24N6O/c1-3-15-12(10-21(2)20-15)7-18-16(23)13-8-19-22(11-13)14-5-4-6-17-9-14/h8,10-11,14,17H,3-7,9H2,1-2H3,(H,18,23). The largest absolute Gasteiger partial charge is 0.348 e. The molecule has 0 aliphatic carbocycles. The Morgan fingerprint density at radius 3 is 3.09 bits per heavy atom. The number of aryl methyl sites for hydroxylation is 2. The van der Waals surface area contributed by atoms with Crippen molar-refractivity contribution < 1.29 is 4.79 Å². The first-order chi connectivity index (χ1) is 11.2. The molecule has 0 bridgehead atoms. The van der Waals surface area contributed by atoms with Crippen LogP contribution in [-0.2, 0) is 20.0 Å². The highest BCUT2D eigenvalue weighted by Crippen LogP contribution is 2.16. The predicted octanol–water partition coefficient (Wildman–Crippen LogP) is 1.03. The fourth-order valence-electron chi connectivity index (χ4n) is 3.02. The van der Waals surface area contributed by atoms with Crippen molar-refractivity contribution in [1.82, 2.24) is 30.2 Å². The normalized spacial score (nSPS) is 18.1. The number of nitrogens with zero attached hydrogens (tertiary/aromatic N) is 4. The number of amides is 1. The smallest absolute Gasteiger partial charge is 0.254 e. The summed E-state index contributed by atoms with van der Waals surface area (Å²) in [5, 5.41) is 15.1. The molecule has 3 heterocycles. The molecule has 1 aliphatic heterocycles. The fourth-order valence-corrected chi connectivity index (χ4v) is 3.02. The van der Waals surface area contributed by atoms with Crippen molar-refractivity contribution >= 4 is 5.91 Å². The molecule has 124 valence electrons. The van der Waals surface area contributed by atoms with Gasteiger partial charge in [-0.25, -0.2) is 0 Å². The Labute approximate surface area is 136 Å². The Hall–Kier alpha value is -2.15. The lowest BCUT2D eigenvalue weighted by molar-refractivity contribution is 0.0950. The van der Waals surface area contributed by atoms with E-state index in [0.717, 1.165) is 43.6 Å². The van der Waals surface area contributed by atoms with E-state index in [-0.39, 0.29) is 5.91 Å². The molecule has 2 aromatic rings. The summed E-state index contributed by atoms with van der Waals surface area (Å²) in [6.07, 6.45) is 8.55. The van der Waals surface area contributed by atoms with Crippen molar-refractivity contribution in [3.63, 3.8) is 0 Å². The van der Waals surface area contributed by atoms with Crippen LogP contribution in [0.25, 0.3) is 0 Å². The van der Waals surface area contributed by atoms with E-state index >= 15 is 0 Å². The summed E-state index contributed by atoms with van der Waals surface area (Å²) in [6.45, 7) is 4.54. The van der Waals surface area contributed by atoms with Crippen LogP contribution in [0.15, 0.2) is 18.6 Å². The molecular weight excluding hydrogens is 292 g/mol. The fraction of sp³-hybridized carbons (Fsp3) is 0.562. The van der Waals surface area contributed by atoms with Gasteiger partial charge in [0.2, 0.25) is 0 Å². The van der Waals surface area contributed by atoms with Gasteiger partial charge in [0.05, 0.1) is 23.5 Å². The second-order valence-corrected chi connectivity index (χ2v) is 6.02. The van der Waals surface area contributed by atoms with Crippen molar-refractivity contribution in [3.8, 4) is 0 Å². The van der Waals surface area contributed by atoms with Gasteiger partial charge in [-0.3, -0.25) is 14.2 Å². The second-order valence-electron chi connectivity index (χ2n) is 6.02. The molecule has 0 radical (unpaired) electrons. The van der Waals surface area contributed by atoms with Crippen molar-refractivity contribution in [2.75, 3.05) is 13.1 Å². The predicted molar refractivity (Wildman–Crippen MR) is 87.1 cm³/mol. The molecule has 3 rings (SSSR count). The molecule has 1 saturated heterocycles. The zero-order valence-electron chi connectivity index (χ0n) is 13.7. The van der Waals surface area contributed by atoms with Crippen molar-refractivity contribution in [2.45, 2.75) is 38.8 Å². The quantitative estimate of drug-likeness (QED) is 0.864. The van der Waals surface area contributed by atoms with Gasteiger partial charge < -0.3 is 10.6 Å². The molecule has 2 aromatic heterocycles. The first-order valence-electron chi connectivity index (χ1n) is 8.22. The maximum Gasteiger partial charge on any atom is 0.254 e. The van der Waals surface area contributed by atoms with E-state index in [1.165, 1.54) is 0 Å². The van der Waals surface area contributed by atoms with E-state index in [0.29, 0.717) is 18.2 Å². The molecule has 7 heteroatoms. The van der Waals surface area contributed by atoms with Crippen molar-refractivity contribution in [2.24, 2.45) is 7.05 Å². The van der Waals surface area contributed by atoms with Crippen molar-refractivity contribution in [1.29, 1.82) is 0 Å². The zero-order chi connectivity index (χ0) is 16.2. The summed E-state index contributed by atoms with van der Waals surface area (Å²) in [6, 6.07) is 0.343. The molecule has 1 atom stereocenters. The molecule has 0 aromatic carbocycles. The SMILES string of the molecule is CCc1nn(C)cc1CNC(=O)c1cnn(C2CCCNC2)c1. The molecule has 0 saturated carbocycles. The van der Waals surface area contributed by atoms with Crippen LogP contribution in [0, 0.1) is 0 Å². The first-order valence-corrected chi connectivity index (χ1v) is 8.22. The summed E-state index contributed by atoms with van der Waals surface area (Å²) in [5.41, 5.74) is 2.70. The second kappa shape index (κ2) is 6.95. The van der Waals surface area contributed by atoms with Crippen LogP contribution in [-0.4, -0.2) is 38.6 Å². The van der Waals surface area contributed by atoms with E-state index in [9.17, 15) is 4.79 Å². The van der Waals surface area contributed by atoms with E-state index in [2.05, 4.69) is 27.8 Å². The average molecular weight is 316 g/mol. The van der Waals surface area contributed by atoms with Gasteiger partial charge in [0, 0.05) is 38.1 Å². The molecule has 0 spiro atoms. The van der Waals surface area contributed by atoms with E-state index < -0.39 is 0 Å². The Morgan fingerprint density at radius 1 is 1.48 bits per heavy atom. The van der Waals surface area contributed by atoms with Gasteiger partial charge >= 0.3 is 0 Å². The highest BCUT2D eigenvalue weighted by atomic mass is 16.1. The van der Waals surface area contributed by atoms with E-state index in [4.69, 9.17) is 0 Å². The van der Waals surface area contributed by atoms with Gasteiger partial charge in [0.25, 0.3) is 5.91 Å². The number of carbonyl (C=O) groups is 1. The summed E-state index contributed by atoms with van der Waals surface area (Å²) in [4.78, 5) is 12.3. The van der Waals surface area contributed by atoms with Crippen molar-refractivity contribution in [3.05, 3.63) is 35.4 Å². The Morgan fingerprint density at radius 2 is 2.35 bits per heavy atom. The van der Waals surface area contributed by atoms with Crippen LogP contribution < -0.4 is 10.6 Å². The van der Waals surface area contributed by atoms with Crippen LogP contribution in [0.3, 0.4) is 0 Å². The Kier molecular flexibility index (Phi) is 4.76. The maximum atomic E-state index is 12.3. The Balaban J connectivity index is 1.61. The third-order valence-corrected chi connectivity index (χ3v) is 4.27. The van der Waals surface area contributed by atoms with Gasteiger partial charge in [-0.15, -0.1) is 0 Å². The highest BCUT2D eigenvalue weighted by molar-refractivity contribution is 5.93. The Bertz CT molecular complexity index is 668. The highest BCUT2D eigenvalue weighted by Gasteiger charge is 2.17. The topological polar surface area (TPSA) is 76.8 Å². The number of aromatic nitrogens is 4. The minimum Gasteiger partial charge on any atom is -0.348 e. The first kappa shape index (κ1) is 15.7. The minimum atomic E-state index is -0.0917. The monoisotopic (exact) mass is 316 g/mol. The molecule has 1 unspecified atom stereocenters. The minimum absolute atomic E-state index is 0.0917. The van der Waals surface area contributed by atoms with Crippen LogP contribution >= 0.6 is 0 Å². The van der Waals surface area contributed by atoms with Crippen LogP contribution in [0.5, 0.6) is 0 Å². The molecule has 1 aliphatic rings. The van der Waals surface area contributed by atoms with Crippen LogP contribution in [0.4, 0.5) is 0 Å². The summed E-state index contributed by atoms with van der Waals surface area (Å²) in [5.74, 6) is -0.0917. The van der Waals surface area contributed by atoms with Gasteiger partial charge in [-0.05, 0) is 25.8 Å². The van der Waals surface area contributed by atoms with Gasteiger partial charge in [0.1, 0.15) is 0 Å². The number of nitrogens with one attached hydrogen (secondary N) is 2. The molecule has 1 amide bonds. The third-order valence-electron chi connectivity index (χ3n) is 4.27. The van der Waals surface area contributed by atoms with E-state index in [1.54, 1.807) is 10.9 Å². The average Bonchev–Trinajstić information content (AvgIpc) is 3.20. The van der Waals surface area contributed by atoms with Crippen LogP contribution in [0.1, 0.15) is 47.4 Å². The van der Waals surface area contributed by atoms with E-state index in [1.807, 2.05) is 24.1 Å². The summed E-state index contributed by atoms with van der Waals surface area (Å²) < 4.78 is 3.69. The lowest BCUT2D eigenvalue weighted by Crippen LogP contribution is -2.31. The summed E-state index contributed by atoms with van der Waals surface area (Å²) in [7, 11) is 1.90. The third kappa shape index (κ3) is 3.61. The van der Waals surface area contributed by atoms with Crippen LogP contribution in [0.2, 0.25) is 0 Å². The summed E-state index contributed by atoms with van der Waals surface area (Å²) >= 11 is 0. The molecule has 1 fully saturated rings. The number of rotatable bonds is 5. The van der Waals surface area contributed by atoms with Gasteiger partial charge in [-0.2, -0.15) is 10.2 Å². The number of piperidine rings is 1. The lowest BCUT2D eigenvalue weighted by Gasteiger charge is -2.22. The molecule has 23 heavy (non-hydrogen) atoms. The number of hydrogen-bond acceptors (Lipinski definition) is 4. The zero-order valence-corrected chi connectivity index (χ0v) is 13.7. The van der Waals surface area contributed by atoms with Gasteiger partial charge in [0.15, 0.2) is 0 Å². The molecular formula is C16H24N6O.